The molecule has 2 rings (SSSR count). The Morgan fingerprint density at radius 2 is 1.30 bits per heavy atom. The van der Waals surface area contributed by atoms with Crippen LogP contribution in [0.15, 0.2) is 48.5 Å². The van der Waals surface area contributed by atoms with E-state index >= 15 is 0 Å². The molecule has 23 heavy (non-hydrogen) atoms. The molecule has 0 saturated heterocycles. The van der Waals surface area contributed by atoms with Crippen molar-refractivity contribution in [1.82, 2.24) is 0 Å². The molecule has 0 spiro atoms. The molecule has 0 heterocycles. The molecule has 2 aromatic rings. The fourth-order valence-electron chi connectivity index (χ4n) is 1.77. The van der Waals surface area contributed by atoms with Gasteiger partial charge in [0.25, 0.3) is 5.69 Å². The molecule has 0 aliphatic heterocycles. The van der Waals surface area contributed by atoms with Gasteiger partial charge in [-0.2, -0.15) is 0 Å². The molecule has 0 amide bonds. The summed E-state index contributed by atoms with van der Waals surface area (Å²) in [5.74, 6) is 1.31. The van der Waals surface area contributed by atoms with E-state index in [1.54, 1.807) is 36.4 Å². The monoisotopic (exact) mass is 318 g/mol. The number of benzene rings is 2. The highest BCUT2D eigenvalue weighted by Gasteiger charge is 2.04. The lowest BCUT2D eigenvalue weighted by Crippen LogP contribution is -2.12. The van der Waals surface area contributed by atoms with Gasteiger partial charge in [-0.25, -0.2) is 0 Å². The van der Waals surface area contributed by atoms with Gasteiger partial charge < -0.3 is 19.9 Å². The number of nitrogens with zero attached hydrogens (tertiary/aromatic N) is 1. The van der Waals surface area contributed by atoms with Crippen molar-refractivity contribution in [2.24, 2.45) is 0 Å². The number of non-ortho nitro benzene ring substituents is 1. The third-order valence-corrected chi connectivity index (χ3v) is 2.92. The van der Waals surface area contributed by atoms with Crippen LogP contribution in [0.25, 0.3) is 0 Å². The Hall–Kier alpha value is -2.80. The number of rotatable bonds is 9. The Kier molecular flexibility index (Phi) is 6.19. The van der Waals surface area contributed by atoms with Crippen molar-refractivity contribution < 1.29 is 19.1 Å². The number of hydrogen-bond donors (Lipinski definition) is 1. The molecular formula is C16H18N2O5. The average Bonchev–Trinajstić information content (AvgIpc) is 2.56. The van der Waals surface area contributed by atoms with Gasteiger partial charge in [-0.3, -0.25) is 10.1 Å². The molecule has 0 unspecified atom stereocenters. The summed E-state index contributed by atoms with van der Waals surface area (Å²) in [5.41, 5.74) is 6.31. The molecular weight excluding hydrogens is 300 g/mol. The molecule has 2 aromatic carbocycles. The third kappa shape index (κ3) is 5.84. The van der Waals surface area contributed by atoms with Crippen molar-refractivity contribution in [2.45, 2.75) is 0 Å². The van der Waals surface area contributed by atoms with Crippen LogP contribution in [0.3, 0.4) is 0 Å². The lowest BCUT2D eigenvalue weighted by Gasteiger charge is -2.08. The fraction of sp³-hybridized carbons (Fsp3) is 0.250. The van der Waals surface area contributed by atoms with Crippen molar-refractivity contribution >= 4 is 11.4 Å². The number of hydrogen-bond acceptors (Lipinski definition) is 6. The molecule has 0 aliphatic carbocycles. The number of nitro groups is 1. The van der Waals surface area contributed by atoms with E-state index in [9.17, 15) is 10.1 Å². The van der Waals surface area contributed by atoms with Gasteiger partial charge in [0.05, 0.1) is 18.1 Å². The highest BCUT2D eigenvalue weighted by atomic mass is 16.6. The Morgan fingerprint density at radius 1 is 0.826 bits per heavy atom. The van der Waals surface area contributed by atoms with Crippen molar-refractivity contribution in [1.29, 1.82) is 0 Å². The van der Waals surface area contributed by atoms with E-state index in [2.05, 4.69) is 0 Å². The van der Waals surface area contributed by atoms with Crippen LogP contribution in [0.5, 0.6) is 11.5 Å². The van der Waals surface area contributed by atoms with E-state index in [1.807, 2.05) is 0 Å². The molecule has 0 bridgehead atoms. The molecule has 2 N–H and O–H groups in total. The first-order valence-electron chi connectivity index (χ1n) is 7.08. The van der Waals surface area contributed by atoms with Gasteiger partial charge in [0.1, 0.15) is 24.7 Å². The van der Waals surface area contributed by atoms with E-state index in [-0.39, 0.29) is 5.69 Å². The van der Waals surface area contributed by atoms with Crippen LogP contribution in [0.1, 0.15) is 0 Å². The van der Waals surface area contributed by atoms with Gasteiger partial charge in [-0.1, -0.05) is 0 Å². The minimum absolute atomic E-state index is 0.0356. The Labute approximate surface area is 133 Å². The van der Waals surface area contributed by atoms with Crippen LogP contribution in [-0.2, 0) is 4.74 Å². The topological polar surface area (TPSA) is 96.9 Å². The molecule has 0 saturated carbocycles. The van der Waals surface area contributed by atoms with Crippen LogP contribution in [-0.4, -0.2) is 31.4 Å². The highest BCUT2D eigenvalue weighted by Crippen LogP contribution is 2.17. The maximum absolute atomic E-state index is 10.5. The second kappa shape index (κ2) is 8.60. The summed E-state index contributed by atoms with van der Waals surface area (Å²) in [4.78, 5) is 10.1. The quantitative estimate of drug-likeness (QED) is 0.330. The summed E-state index contributed by atoms with van der Waals surface area (Å²) in [6.45, 7) is 1.64. The predicted octanol–water partition coefficient (Wildman–Crippen LogP) is 2.65. The van der Waals surface area contributed by atoms with E-state index in [0.717, 1.165) is 5.75 Å². The standard InChI is InChI=1S/C16H18N2O5/c17-13-1-5-15(6-2-13)22-11-9-21-10-12-23-16-7-3-14(4-8-16)18(19)20/h1-8H,9-12,17H2. The summed E-state index contributed by atoms with van der Waals surface area (Å²) in [6, 6.07) is 13.1. The van der Waals surface area contributed by atoms with Gasteiger partial charge in [-0.05, 0) is 36.4 Å². The van der Waals surface area contributed by atoms with Crippen molar-refractivity contribution in [3.05, 3.63) is 58.6 Å². The van der Waals surface area contributed by atoms with E-state index in [4.69, 9.17) is 19.9 Å². The summed E-state index contributed by atoms with van der Waals surface area (Å²) in [5, 5.41) is 10.5. The largest absolute Gasteiger partial charge is 0.491 e. The molecule has 7 nitrogen and oxygen atoms in total. The minimum atomic E-state index is -0.450. The molecule has 122 valence electrons. The van der Waals surface area contributed by atoms with Crippen molar-refractivity contribution in [3.8, 4) is 11.5 Å². The van der Waals surface area contributed by atoms with E-state index in [0.29, 0.717) is 37.9 Å². The minimum Gasteiger partial charge on any atom is -0.491 e. The first-order valence-corrected chi connectivity index (χ1v) is 7.08. The zero-order valence-corrected chi connectivity index (χ0v) is 12.5. The smallest absolute Gasteiger partial charge is 0.269 e. The van der Waals surface area contributed by atoms with Gasteiger partial charge in [0, 0.05) is 17.8 Å². The second-order valence-electron chi connectivity index (χ2n) is 4.63. The van der Waals surface area contributed by atoms with E-state index < -0.39 is 4.92 Å². The first-order chi connectivity index (χ1) is 11.1. The summed E-state index contributed by atoms with van der Waals surface area (Å²) < 4.78 is 16.3. The third-order valence-electron chi connectivity index (χ3n) is 2.92. The molecule has 0 fully saturated rings. The number of anilines is 1. The van der Waals surface area contributed by atoms with Crippen molar-refractivity contribution in [2.75, 3.05) is 32.2 Å². The van der Waals surface area contributed by atoms with Crippen molar-refractivity contribution in [3.63, 3.8) is 0 Å². The lowest BCUT2D eigenvalue weighted by atomic mass is 10.3. The summed E-state index contributed by atoms with van der Waals surface area (Å²) in [7, 11) is 0. The normalized spacial score (nSPS) is 10.3. The van der Waals surface area contributed by atoms with Crippen LogP contribution < -0.4 is 15.2 Å². The van der Waals surface area contributed by atoms with Gasteiger partial charge in [-0.15, -0.1) is 0 Å². The van der Waals surface area contributed by atoms with Crippen LogP contribution in [0.4, 0.5) is 11.4 Å². The zero-order valence-electron chi connectivity index (χ0n) is 12.5. The highest BCUT2D eigenvalue weighted by molar-refractivity contribution is 5.41. The Bertz CT molecular complexity index is 613. The SMILES string of the molecule is Nc1ccc(OCCOCCOc2ccc([N+](=O)[O-])cc2)cc1. The number of nitrogens with two attached hydrogens (primary N) is 1. The first kappa shape index (κ1) is 16.6. The van der Waals surface area contributed by atoms with Crippen LogP contribution >= 0.6 is 0 Å². The fourth-order valence-corrected chi connectivity index (χ4v) is 1.77. The van der Waals surface area contributed by atoms with Gasteiger partial charge >= 0.3 is 0 Å². The predicted molar refractivity (Wildman–Crippen MR) is 85.8 cm³/mol. The number of ether oxygens (including phenoxy) is 3. The maximum atomic E-state index is 10.5. The molecule has 0 atom stereocenters. The van der Waals surface area contributed by atoms with Gasteiger partial charge in [0.15, 0.2) is 0 Å². The average molecular weight is 318 g/mol. The molecule has 0 radical (unpaired) electrons. The maximum Gasteiger partial charge on any atom is 0.269 e. The summed E-state index contributed by atoms with van der Waals surface area (Å²) in [6.07, 6.45) is 0. The molecule has 7 heteroatoms. The number of nitro benzene ring substituents is 1. The summed E-state index contributed by atoms with van der Waals surface area (Å²) >= 11 is 0. The second-order valence-corrected chi connectivity index (χ2v) is 4.63. The Morgan fingerprint density at radius 3 is 1.78 bits per heavy atom. The van der Waals surface area contributed by atoms with Crippen LogP contribution in [0.2, 0.25) is 0 Å². The zero-order chi connectivity index (χ0) is 16.5. The van der Waals surface area contributed by atoms with Crippen LogP contribution in [0, 0.1) is 10.1 Å². The molecule has 0 aromatic heterocycles. The number of nitrogen functional groups attached to an aromatic ring is 1. The van der Waals surface area contributed by atoms with Gasteiger partial charge in [0.2, 0.25) is 0 Å². The van der Waals surface area contributed by atoms with E-state index in [1.165, 1.54) is 12.1 Å². The Balaban J connectivity index is 1.55. The molecule has 0 aliphatic rings. The lowest BCUT2D eigenvalue weighted by molar-refractivity contribution is -0.384.